The minimum Gasteiger partial charge on any atom is -0.344 e. The number of rotatable bonds is 0. The minimum absolute atomic E-state index is 0. The number of aromatic nitrogens is 2. The van der Waals surface area contributed by atoms with Gasteiger partial charge in [-0.1, -0.05) is 0 Å². The quantitative estimate of drug-likeness (QED) is 0.463. The second kappa shape index (κ2) is 3.22. The van der Waals surface area contributed by atoms with Crippen LogP contribution in [0.25, 0.3) is 21.5 Å². The summed E-state index contributed by atoms with van der Waals surface area (Å²) in [6, 6.07) is 2.54. The molecule has 0 spiro atoms. The van der Waals surface area contributed by atoms with Gasteiger partial charge in [-0.15, -0.1) is 0 Å². The predicted octanol–water partition coefficient (Wildman–Crippen LogP) is -0.872. The molecule has 17 heavy (non-hydrogen) atoms. The molecule has 0 bridgehead atoms. The fourth-order valence-corrected chi connectivity index (χ4v) is 1.83. The summed E-state index contributed by atoms with van der Waals surface area (Å²) < 4.78 is 0. The first kappa shape index (κ1) is 11.0. The SMILES string of the molecule is N.O=c1[nH]c(=O)c2cc3c(=O)[nH]c(=O)c3cc12. The highest BCUT2D eigenvalue weighted by Crippen LogP contribution is 2.12. The Bertz CT molecular complexity index is 778. The Morgan fingerprint density at radius 3 is 1.06 bits per heavy atom. The van der Waals surface area contributed by atoms with Gasteiger partial charge in [0.05, 0.1) is 21.5 Å². The van der Waals surface area contributed by atoms with Gasteiger partial charge >= 0.3 is 0 Å². The summed E-state index contributed by atoms with van der Waals surface area (Å²) >= 11 is 0. The zero-order valence-corrected chi connectivity index (χ0v) is 8.49. The van der Waals surface area contributed by atoms with Crippen LogP contribution < -0.4 is 28.4 Å². The van der Waals surface area contributed by atoms with Crippen LogP contribution in [0.1, 0.15) is 0 Å². The molecule has 2 heterocycles. The molecule has 0 radical (unpaired) electrons. The zero-order chi connectivity index (χ0) is 11.4. The normalized spacial score (nSPS) is 10.8. The third kappa shape index (κ3) is 1.26. The maximum atomic E-state index is 11.3. The van der Waals surface area contributed by atoms with E-state index in [-0.39, 0.29) is 27.7 Å². The van der Waals surface area contributed by atoms with Gasteiger partial charge in [0.25, 0.3) is 22.2 Å². The maximum absolute atomic E-state index is 11.3. The van der Waals surface area contributed by atoms with Gasteiger partial charge in [-0.25, -0.2) is 0 Å². The Balaban J connectivity index is 0.00000108. The summed E-state index contributed by atoms with van der Waals surface area (Å²) in [6.45, 7) is 0. The number of fused-ring (bicyclic) bond motifs is 2. The smallest absolute Gasteiger partial charge is 0.258 e. The van der Waals surface area contributed by atoms with Crippen molar-refractivity contribution in [3.05, 3.63) is 53.5 Å². The third-order valence-electron chi connectivity index (χ3n) is 2.59. The number of H-pyrrole nitrogens is 2. The molecular weight excluding hydrogens is 226 g/mol. The van der Waals surface area contributed by atoms with E-state index in [2.05, 4.69) is 9.97 Å². The van der Waals surface area contributed by atoms with E-state index in [9.17, 15) is 19.2 Å². The summed E-state index contributed by atoms with van der Waals surface area (Å²) in [7, 11) is 0. The van der Waals surface area contributed by atoms with E-state index in [1.807, 2.05) is 0 Å². The molecule has 0 unspecified atom stereocenters. The van der Waals surface area contributed by atoms with E-state index < -0.39 is 22.2 Å². The first-order valence-electron chi connectivity index (χ1n) is 4.47. The van der Waals surface area contributed by atoms with E-state index >= 15 is 0 Å². The summed E-state index contributed by atoms with van der Waals surface area (Å²) in [5.74, 6) is 0. The fraction of sp³-hybridized carbons (Fsp3) is 0. The van der Waals surface area contributed by atoms with Crippen molar-refractivity contribution < 1.29 is 0 Å². The molecule has 7 nitrogen and oxygen atoms in total. The summed E-state index contributed by atoms with van der Waals surface area (Å²) in [5, 5.41) is 0.532. The lowest BCUT2D eigenvalue weighted by Crippen LogP contribution is -2.06. The van der Waals surface area contributed by atoms with Crippen molar-refractivity contribution in [1.29, 1.82) is 0 Å². The van der Waals surface area contributed by atoms with Crippen LogP contribution in [0.3, 0.4) is 0 Å². The van der Waals surface area contributed by atoms with Crippen molar-refractivity contribution in [2.45, 2.75) is 0 Å². The van der Waals surface area contributed by atoms with Gasteiger partial charge in [0.1, 0.15) is 0 Å². The standard InChI is InChI=1S/C10H4N2O4.H3N/c13-7-3-1-4-6(10(16)12-8(4)14)2-5(3)9(15)11-7;/h1-2H,(H,11,13,15)(H,12,14,16);1H3. The minimum atomic E-state index is -0.546. The van der Waals surface area contributed by atoms with Crippen molar-refractivity contribution in [1.82, 2.24) is 16.1 Å². The Hall–Kier alpha value is -2.54. The van der Waals surface area contributed by atoms with Crippen LogP contribution in [0, 0.1) is 0 Å². The molecule has 7 heteroatoms. The van der Waals surface area contributed by atoms with Crippen LogP contribution in [0.15, 0.2) is 31.3 Å². The molecule has 1 aromatic carbocycles. The first-order valence-corrected chi connectivity index (χ1v) is 4.47. The van der Waals surface area contributed by atoms with Crippen molar-refractivity contribution in [3.63, 3.8) is 0 Å². The Morgan fingerprint density at radius 2 is 0.824 bits per heavy atom. The Labute approximate surface area is 92.0 Å². The molecule has 0 fully saturated rings. The highest BCUT2D eigenvalue weighted by Gasteiger charge is 2.12. The lowest BCUT2D eigenvalue weighted by molar-refractivity contribution is 1.26. The van der Waals surface area contributed by atoms with Crippen LogP contribution in [-0.2, 0) is 0 Å². The lowest BCUT2D eigenvalue weighted by atomic mass is 10.1. The van der Waals surface area contributed by atoms with Gasteiger partial charge in [0, 0.05) is 0 Å². The van der Waals surface area contributed by atoms with Crippen LogP contribution in [0.2, 0.25) is 0 Å². The molecule has 0 aliphatic rings. The van der Waals surface area contributed by atoms with E-state index in [0.29, 0.717) is 0 Å². The van der Waals surface area contributed by atoms with Gasteiger partial charge in [-0.2, -0.15) is 0 Å². The highest BCUT2D eigenvalue weighted by molar-refractivity contribution is 5.97. The van der Waals surface area contributed by atoms with Gasteiger partial charge in [-0.3, -0.25) is 29.1 Å². The molecular formula is C10H7N3O4. The van der Waals surface area contributed by atoms with Crippen LogP contribution in [0.5, 0.6) is 0 Å². The molecule has 3 rings (SSSR count). The van der Waals surface area contributed by atoms with Gasteiger partial charge in [0.2, 0.25) is 0 Å². The van der Waals surface area contributed by atoms with Crippen molar-refractivity contribution in [2.75, 3.05) is 0 Å². The monoisotopic (exact) mass is 233 g/mol. The zero-order valence-electron chi connectivity index (χ0n) is 8.49. The lowest BCUT2D eigenvalue weighted by Gasteiger charge is -1.86. The van der Waals surface area contributed by atoms with Crippen molar-refractivity contribution in [3.8, 4) is 0 Å². The Morgan fingerprint density at radius 1 is 0.588 bits per heavy atom. The van der Waals surface area contributed by atoms with Gasteiger partial charge in [-0.05, 0) is 12.1 Å². The number of hydrogen-bond acceptors (Lipinski definition) is 5. The molecule has 0 saturated carbocycles. The average Bonchev–Trinajstić information content (AvgIpc) is 2.67. The molecule has 0 saturated heterocycles. The van der Waals surface area contributed by atoms with Crippen LogP contribution in [0.4, 0.5) is 0 Å². The van der Waals surface area contributed by atoms with Crippen LogP contribution >= 0.6 is 0 Å². The molecule has 3 aromatic rings. The number of aromatic amines is 2. The second-order valence-corrected chi connectivity index (χ2v) is 3.51. The second-order valence-electron chi connectivity index (χ2n) is 3.51. The average molecular weight is 233 g/mol. The molecule has 2 aromatic heterocycles. The summed E-state index contributed by atoms with van der Waals surface area (Å²) in [6.07, 6.45) is 0. The first-order chi connectivity index (χ1) is 7.58. The van der Waals surface area contributed by atoms with Gasteiger partial charge in [0.15, 0.2) is 0 Å². The number of benzene rings is 1. The maximum Gasteiger partial charge on any atom is 0.258 e. The predicted molar refractivity (Wildman–Crippen MR) is 62.6 cm³/mol. The van der Waals surface area contributed by atoms with E-state index in [0.717, 1.165) is 0 Å². The highest BCUT2D eigenvalue weighted by atomic mass is 16.2. The molecule has 0 aliphatic heterocycles. The molecule has 5 N–H and O–H groups in total. The number of nitrogens with one attached hydrogen (secondary N) is 2. The fourth-order valence-electron chi connectivity index (χ4n) is 1.83. The van der Waals surface area contributed by atoms with E-state index in [4.69, 9.17) is 0 Å². The van der Waals surface area contributed by atoms with Gasteiger partial charge < -0.3 is 6.15 Å². The largest absolute Gasteiger partial charge is 0.344 e. The summed E-state index contributed by atoms with van der Waals surface area (Å²) in [4.78, 5) is 49.4. The van der Waals surface area contributed by atoms with Crippen molar-refractivity contribution >= 4 is 21.5 Å². The molecule has 0 aliphatic carbocycles. The van der Waals surface area contributed by atoms with E-state index in [1.54, 1.807) is 0 Å². The topological polar surface area (TPSA) is 135 Å². The molecule has 86 valence electrons. The molecule has 0 atom stereocenters. The number of hydrogen-bond donors (Lipinski definition) is 3. The summed E-state index contributed by atoms with van der Waals surface area (Å²) in [5.41, 5.74) is -2.19. The van der Waals surface area contributed by atoms with Crippen molar-refractivity contribution in [2.24, 2.45) is 0 Å². The third-order valence-corrected chi connectivity index (χ3v) is 2.59. The van der Waals surface area contributed by atoms with Crippen LogP contribution in [-0.4, -0.2) is 9.97 Å². The molecule has 0 amide bonds. The van der Waals surface area contributed by atoms with E-state index in [1.165, 1.54) is 12.1 Å². The Kier molecular flexibility index (Phi) is 2.08.